The van der Waals surface area contributed by atoms with E-state index in [4.69, 9.17) is 4.74 Å². The smallest absolute Gasteiger partial charge is 0.439 e. The van der Waals surface area contributed by atoms with Crippen molar-refractivity contribution >= 4 is 11.8 Å². The fraction of sp³-hybridized carbons (Fsp3) is 0.364. The zero-order valence-electron chi connectivity index (χ0n) is 9.10. The first-order valence-corrected chi connectivity index (χ1v) is 4.67. The van der Waals surface area contributed by atoms with Crippen molar-refractivity contribution in [1.82, 2.24) is 0 Å². The Morgan fingerprint density at radius 1 is 1.27 bits per heavy atom. The van der Waals surface area contributed by atoms with E-state index in [1.165, 1.54) is 0 Å². The SMILES string of the molecule is CC(C)(C)OC(=O)N(O)c1ccccc1. The molecule has 15 heavy (non-hydrogen) atoms. The minimum atomic E-state index is -0.784. The van der Waals surface area contributed by atoms with Crippen LogP contribution in [0, 0.1) is 0 Å². The highest BCUT2D eigenvalue weighted by molar-refractivity contribution is 5.85. The molecule has 0 unspecified atom stereocenters. The average Bonchev–Trinajstić information content (AvgIpc) is 2.15. The van der Waals surface area contributed by atoms with Crippen LogP contribution in [0.25, 0.3) is 0 Å². The second-order valence-electron chi connectivity index (χ2n) is 4.13. The zero-order chi connectivity index (χ0) is 11.5. The summed E-state index contributed by atoms with van der Waals surface area (Å²) in [6.45, 7) is 5.22. The van der Waals surface area contributed by atoms with Gasteiger partial charge < -0.3 is 4.74 Å². The second kappa shape index (κ2) is 4.31. The van der Waals surface area contributed by atoms with Crippen LogP contribution in [0.2, 0.25) is 0 Å². The molecule has 0 atom stereocenters. The van der Waals surface area contributed by atoms with E-state index in [1.807, 2.05) is 0 Å². The second-order valence-corrected chi connectivity index (χ2v) is 4.13. The third kappa shape index (κ3) is 3.59. The fourth-order valence-electron chi connectivity index (χ4n) is 0.980. The summed E-state index contributed by atoms with van der Waals surface area (Å²) < 4.78 is 4.99. The summed E-state index contributed by atoms with van der Waals surface area (Å²) in [6, 6.07) is 8.48. The van der Waals surface area contributed by atoms with Gasteiger partial charge in [-0.25, -0.2) is 4.79 Å². The zero-order valence-corrected chi connectivity index (χ0v) is 9.10. The highest BCUT2D eigenvalue weighted by Crippen LogP contribution is 2.15. The number of anilines is 1. The molecule has 0 saturated heterocycles. The van der Waals surface area contributed by atoms with Crippen molar-refractivity contribution in [3.05, 3.63) is 30.3 Å². The summed E-state index contributed by atoms with van der Waals surface area (Å²) in [5, 5.41) is 10.0. The van der Waals surface area contributed by atoms with Gasteiger partial charge in [-0.15, -0.1) is 0 Å². The van der Waals surface area contributed by atoms with Gasteiger partial charge in [0.1, 0.15) is 5.60 Å². The number of benzene rings is 1. The number of hydrogen-bond donors (Lipinski definition) is 1. The van der Waals surface area contributed by atoms with Crippen molar-refractivity contribution in [2.75, 3.05) is 5.06 Å². The van der Waals surface area contributed by atoms with Gasteiger partial charge in [0.25, 0.3) is 0 Å². The Morgan fingerprint density at radius 2 is 1.80 bits per heavy atom. The number of carbonyl (C=O) groups is 1. The van der Waals surface area contributed by atoms with Crippen LogP contribution in [0.3, 0.4) is 0 Å². The van der Waals surface area contributed by atoms with Gasteiger partial charge in [-0.2, -0.15) is 5.06 Å². The Kier molecular flexibility index (Phi) is 3.31. The number of rotatable bonds is 1. The molecule has 4 heteroatoms. The van der Waals surface area contributed by atoms with Gasteiger partial charge in [-0.1, -0.05) is 18.2 Å². The highest BCUT2D eigenvalue weighted by atomic mass is 16.6. The third-order valence-electron chi connectivity index (χ3n) is 1.57. The molecule has 82 valence electrons. The van der Waals surface area contributed by atoms with E-state index in [0.717, 1.165) is 0 Å². The lowest BCUT2D eigenvalue weighted by molar-refractivity contribution is 0.0407. The minimum Gasteiger partial charge on any atom is -0.442 e. The number of amides is 1. The predicted molar refractivity (Wildman–Crippen MR) is 56.9 cm³/mol. The van der Waals surface area contributed by atoms with Crippen molar-refractivity contribution in [3.8, 4) is 0 Å². The average molecular weight is 209 g/mol. The molecular formula is C11H15NO3. The topological polar surface area (TPSA) is 49.8 Å². The maximum absolute atomic E-state index is 11.4. The first-order valence-electron chi connectivity index (χ1n) is 4.67. The van der Waals surface area contributed by atoms with E-state index < -0.39 is 11.7 Å². The van der Waals surface area contributed by atoms with Crippen LogP contribution in [-0.2, 0) is 4.74 Å². The van der Waals surface area contributed by atoms with Gasteiger partial charge in [0.2, 0.25) is 0 Å². The van der Waals surface area contributed by atoms with E-state index >= 15 is 0 Å². The number of ether oxygens (including phenoxy) is 1. The molecule has 1 N–H and O–H groups in total. The number of hydroxylamine groups is 1. The minimum absolute atomic E-state index is 0.381. The van der Waals surface area contributed by atoms with Gasteiger partial charge >= 0.3 is 6.09 Å². The van der Waals surface area contributed by atoms with Crippen molar-refractivity contribution in [3.63, 3.8) is 0 Å². The lowest BCUT2D eigenvalue weighted by Crippen LogP contribution is -2.34. The lowest BCUT2D eigenvalue weighted by Gasteiger charge is -2.23. The summed E-state index contributed by atoms with van der Waals surface area (Å²) in [6.07, 6.45) is -0.784. The molecule has 0 fully saturated rings. The molecule has 0 heterocycles. The molecule has 0 saturated carbocycles. The molecule has 0 radical (unpaired) electrons. The Bertz CT molecular complexity index is 329. The van der Waals surface area contributed by atoms with Gasteiger partial charge in [0, 0.05) is 0 Å². The van der Waals surface area contributed by atoms with Crippen LogP contribution in [0.1, 0.15) is 20.8 Å². The van der Waals surface area contributed by atoms with Crippen LogP contribution in [0.4, 0.5) is 10.5 Å². The Balaban J connectivity index is 2.70. The fourth-order valence-corrected chi connectivity index (χ4v) is 0.980. The van der Waals surface area contributed by atoms with Crippen LogP contribution in [0.15, 0.2) is 30.3 Å². The summed E-state index contributed by atoms with van der Waals surface area (Å²) in [5.74, 6) is 0. The van der Waals surface area contributed by atoms with Gasteiger partial charge in [-0.05, 0) is 32.9 Å². The van der Waals surface area contributed by atoms with Crippen molar-refractivity contribution in [1.29, 1.82) is 0 Å². The van der Waals surface area contributed by atoms with Crippen molar-refractivity contribution in [2.24, 2.45) is 0 Å². The predicted octanol–water partition coefficient (Wildman–Crippen LogP) is 2.82. The molecule has 1 aromatic rings. The summed E-state index contributed by atoms with van der Waals surface area (Å²) in [4.78, 5) is 11.4. The first-order chi connectivity index (χ1) is 6.90. The lowest BCUT2D eigenvalue weighted by atomic mass is 10.2. The maximum atomic E-state index is 11.4. The third-order valence-corrected chi connectivity index (χ3v) is 1.57. The van der Waals surface area contributed by atoms with Crippen LogP contribution < -0.4 is 5.06 Å². The van der Waals surface area contributed by atoms with E-state index in [-0.39, 0.29) is 0 Å². The summed E-state index contributed by atoms with van der Waals surface area (Å²) in [5.41, 5.74) is -0.237. The van der Waals surface area contributed by atoms with E-state index in [2.05, 4.69) is 0 Å². The first kappa shape index (κ1) is 11.5. The number of nitrogens with zero attached hydrogens (tertiary/aromatic N) is 1. The summed E-state index contributed by atoms with van der Waals surface area (Å²) >= 11 is 0. The largest absolute Gasteiger partial charge is 0.442 e. The molecule has 1 rings (SSSR count). The highest BCUT2D eigenvalue weighted by Gasteiger charge is 2.21. The monoisotopic (exact) mass is 209 g/mol. The molecule has 0 aliphatic rings. The standard InChI is InChI=1S/C11H15NO3/c1-11(2,3)15-10(13)12(14)9-7-5-4-6-8-9/h4-8,14H,1-3H3. The van der Waals surface area contributed by atoms with Crippen LogP contribution in [0.5, 0.6) is 0 Å². The van der Waals surface area contributed by atoms with Gasteiger partial charge in [0.05, 0.1) is 5.69 Å². The van der Waals surface area contributed by atoms with Crippen LogP contribution in [-0.4, -0.2) is 16.9 Å². The molecule has 0 spiro atoms. The van der Waals surface area contributed by atoms with Crippen LogP contribution >= 0.6 is 0 Å². The molecule has 0 aliphatic carbocycles. The van der Waals surface area contributed by atoms with Crippen molar-refractivity contribution < 1.29 is 14.7 Å². The molecule has 4 nitrogen and oxygen atoms in total. The van der Waals surface area contributed by atoms with Gasteiger partial charge in [-0.3, -0.25) is 5.21 Å². The summed E-state index contributed by atoms with van der Waals surface area (Å²) in [7, 11) is 0. The normalized spacial score (nSPS) is 10.9. The van der Waals surface area contributed by atoms with E-state index in [9.17, 15) is 10.0 Å². The van der Waals surface area contributed by atoms with E-state index in [1.54, 1.807) is 51.1 Å². The number of carbonyl (C=O) groups excluding carboxylic acids is 1. The van der Waals surface area contributed by atoms with Crippen molar-refractivity contribution in [2.45, 2.75) is 26.4 Å². The molecule has 1 amide bonds. The Labute approximate surface area is 89.0 Å². The maximum Gasteiger partial charge on any atom is 0.439 e. The number of hydrogen-bond acceptors (Lipinski definition) is 3. The molecule has 0 aliphatic heterocycles. The molecule has 1 aromatic carbocycles. The molecule has 0 bridgehead atoms. The number of para-hydroxylation sites is 1. The van der Waals surface area contributed by atoms with E-state index in [0.29, 0.717) is 10.8 Å². The molecular weight excluding hydrogens is 194 g/mol. The van der Waals surface area contributed by atoms with Gasteiger partial charge in [0.15, 0.2) is 0 Å². The Morgan fingerprint density at radius 3 is 2.27 bits per heavy atom. The quantitative estimate of drug-likeness (QED) is 0.571. The molecule has 0 aromatic heterocycles. The Hall–Kier alpha value is -1.55.